The molecule has 1 atom stereocenters. The second-order valence-corrected chi connectivity index (χ2v) is 7.51. The summed E-state index contributed by atoms with van der Waals surface area (Å²) in [5.74, 6) is -0.735. The molecule has 1 amide bonds. The van der Waals surface area contributed by atoms with Gasteiger partial charge in [-0.1, -0.05) is 41.9 Å². The first-order chi connectivity index (χ1) is 13.9. The molecule has 1 unspecified atom stereocenters. The third-order valence-corrected chi connectivity index (χ3v) is 5.42. The molecule has 3 aromatic rings. The average Bonchev–Trinajstić information content (AvgIpc) is 3.21. The third kappa shape index (κ3) is 4.93. The highest BCUT2D eigenvalue weighted by Gasteiger charge is 2.22. The minimum absolute atomic E-state index is 0.161. The van der Waals surface area contributed by atoms with Gasteiger partial charge < -0.3 is 14.8 Å². The number of methoxy groups -OCH3 is 1. The normalized spacial score (nSPS) is 11.6. The van der Waals surface area contributed by atoms with Crippen molar-refractivity contribution in [1.29, 1.82) is 0 Å². The number of rotatable bonds is 6. The van der Waals surface area contributed by atoms with Gasteiger partial charge in [0.1, 0.15) is 10.8 Å². The Morgan fingerprint density at radius 3 is 2.62 bits per heavy atom. The van der Waals surface area contributed by atoms with Crippen molar-refractivity contribution in [2.24, 2.45) is 0 Å². The number of ether oxygens (including phenoxy) is 2. The standard InChI is InChI=1S/C21H19ClN2O4S/c1-12-9-16(18(27-3)10-15(12)22)23-19(25)13(2)28-21(26)17-11-29-20(24-17)14-7-5-4-6-8-14/h4-11,13H,1-3H3,(H,23,25). The van der Waals surface area contributed by atoms with E-state index in [2.05, 4.69) is 10.3 Å². The van der Waals surface area contributed by atoms with Crippen molar-refractivity contribution in [2.45, 2.75) is 20.0 Å². The maximum absolute atomic E-state index is 12.5. The van der Waals surface area contributed by atoms with E-state index in [-0.39, 0.29) is 5.69 Å². The van der Waals surface area contributed by atoms with E-state index in [0.29, 0.717) is 21.5 Å². The number of aromatic nitrogens is 1. The highest BCUT2D eigenvalue weighted by Crippen LogP contribution is 2.31. The Kier molecular flexibility index (Phi) is 6.51. The molecule has 3 rings (SSSR count). The lowest BCUT2D eigenvalue weighted by Gasteiger charge is -2.15. The van der Waals surface area contributed by atoms with Crippen LogP contribution in [0.3, 0.4) is 0 Å². The van der Waals surface area contributed by atoms with Gasteiger partial charge in [-0.3, -0.25) is 4.79 Å². The highest BCUT2D eigenvalue weighted by molar-refractivity contribution is 7.13. The second kappa shape index (κ2) is 9.07. The Morgan fingerprint density at radius 2 is 1.93 bits per heavy atom. The summed E-state index contributed by atoms with van der Waals surface area (Å²) in [5, 5.41) is 5.54. The minimum Gasteiger partial charge on any atom is -0.495 e. The van der Waals surface area contributed by atoms with Crippen LogP contribution in [0.2, 0.25) is 5.02 Å². The van der Waals surface area contributed by atoms with Gasteiger partial charge in [-0.15, -0.1) is 11.3 Å². The summed E-state index contributed by atoms with van der Waals surface area (Å²) in [4.78, 5) is 29.2. The zero-order valence-electron chi connectivity index (χ0n) is 16.1. The Labute approximate surface area is 177 Å². The van der Waals surface area contributed by atoms with Crippen LogP contribution in [-0.4, -0.2) is 30.1 Å². The molecule has 0 aliphatic rings. The summed E-state index contributed by atoms with van der Waals surface area (Å²) in [7, 11) is 1.48. The molecule has 29 heavy (non-hydrogen) atoms. The van der Waals surface area contributed by atoms with Gasteiger partial charge in [0, 0.05) is 22.0 Å². The van der Waals surface area contributed by atoms with Crippen molar-refractivity contribution < 1.29 is 19.1 Å². The first-order valence-corrected chi connectivity index (χ1v) is 10.0. The largest absolute Gasteiger partial charge is 0.495 e. The Balaban J connectivity index is 1.66. The molecule has 0 spiro atoms. The van der Waals surface area contributed by atoms with Crippen molar-refractivity contribution in [3.63, 3.8) is 0 Å². The van der Waals surface area contributed by atoms with Crippen LogP contribution in [0.25, 0.3) is 10.6 Å². The van der Waals surface area contributed by atoms with Crippen LogP contribution in [0.4, 0.5) is 5.69 Å². The van der Waals surface area contributed by atoms with Crippen molar-refractivity contribution >= 4 is 40.5 Å². The summed E-state index contributed by atoms with van der Waals surface area (Å²) in [6.45, 7) is 3.31. The van der Waals surface area contributed by atoms with E-state index in [1.54, 1.807) is 17.5 Å². The lowest BCUT2D eigenvalue weighted by atomic mass is 10.2. The number of aryl methyl sites for hydroxylation is 1. The Morgan fingerprint density at radius 1 is 1.21 bits per heavy atom. The molecule has 6 nitrogen and oxygen atoms in total. The van der Waals surface area contributed by atoms with Crippen LogP contribution in [0.1, 0.15) is 23.0 Å². The number of hydrogen-bond acceptors (Lipinski definition) is 6. The molecule has 0 aliphatic heterocycles. The van der Waals surface area contributed by atoms with E-state index in [0.717, 1.165) is 11.1 Å². The van der Waals surface area contributed by atoms with E-state index >= 15 is 0 Å². The lowest BCUT2D eigenvalue weighted by Crippen LogP contribution is -2.30. The summed E-state index contributed by atoms with van der Waals surface area (Å²) in [5.41, 5.74) is 2.30. The van der Waals surface area contributed by atoms with Gasteiger partial charge in [-0.2, -0.15) is 0 Å². The van der Waals surface area contributed by atoms with Crippen LogP contribution < -0.4 is 10.1 Å². The van der Waals surface area contributed by atoms with Crippen LogP contribution in [0.5, 0.6) is 5.75 Å². The number of hydrogen-bond donors (Lipinski definition) is 1. The number of esters is 1. The Hall–Kier alpha value is -2.90. The van der Waals surface area contributed by atoms with Crippen LogP contribution in [0.15, 0.2) is 47.8 Å². The number of thiazole rings is 1. The fraction of sp³-hybridized carbons (Fsp3) is 0.190. The van der Waals surface area contributed by atoms with E-state index in [1.165, 1.54) is 25.4 Å². The average molecular weight is 431 g/mol. The van der Waals surface area contributed by atoms with Gasteiger partial charge in [0.05, 0.1) is 12.8 Å². The molecule has 1 heterocycles. The monoisotopic (exact) mass is 430 g/mol. The van der Waals surface area contributed by atoms with E-state index < -0.39 is 18.0 Å². The van der Waals surface area contributed by atoms with E-state index in [4.69, 9.17) is 21.1 Å². The van der Waals surface area contributed by atoms with E-state index in [1.807, 2.05) is 37.3 Å². The Bertz CT molecular complexity index is 1040. The zero-order chi connectivity index (χ0) is 21.0. The predicted octanol–water partition coefficient (Wildman–Crippen LogP) is 4.96. The maximum Gasteiger partial charge on any atom is 0.358 e. The number of carbonyl (C=O) groups is 2. The second-order valence-electron chi connectivity index (χ2n) is 6.24. The lowest BCUT2D eigenvalue weighted by molar-refractivity contribution is -0.123. The minimum atomic E-state index is -1.02. The molecular weight excluding hydrogens is 412 g/mol. The topological polar surface area (TPSA) is 77.5 Å². The summed E-state index contributed by atoms with van der Waals surface area (Å²) in [6.07, 6.45) is -1.02. The molecule has 0 bridgehead atoms. The SMILES string of the molecule is COc1cc(Cl)c(C)cc1NC(=O)C(C)OC(=O)c1csc(-c2ccccc2)n1. The van der Waals surface area contributed by atoms with Crippen LogP contribution in [0, 0.1) is 6.92 Å². The van der Waals surface area contributed by atoms with Crippen molar-refractivity contribution in [2.75, 3.05) is 12.4 Å². The molecule has 0 saturated carbocycles. The quantitative estimate of drug-likeness (QED) is 0.559. The molecule has 0 radical (unpaired) electrons. The van der Waals surface area contributed by atoms with Crippen molar-refractivity contribution in [3.8, 4) is 16.3 Å². The predicted molar refractivity (Wildman–Crippen MR) is 114 cm³/mol. The van der Waals surface area contributed by atoms with Crippen molar-refractivity contribution in [1.82, 2.24) is 4.98 Å². The first-order valence-electron chi connectivity index (χ1n) is 8.76. The number of halogens is 1. The zero-order valence-corrected chi connectivity index (χ0v) is 17.6. The summed E-state index contributed by atoms with van der Waals surface area (Å²) in [6, 6.07) is 12.8. The molecule has 0 fully saturated rings. The summed E-state index contributed by atoms with van der Waals surface area (Å²) < 4.78 is 10.5. The van der Waals surface area contributed by atoms with Gasteiger partial charge in [0.25, 0.3) is 5.91 Å². The van der Waals surface area contributed by atoms with E-state index in [9.17, 15) is 9.59 Å². The molecule has 0 saturated heterocycles. The maximum atomic E-state index is 12.5. The fourth-order valence-corrected chi connectivity index (χ4v) is 3.47. The van der Waals surface area contributed by atoms with Gasteiger partial charge >= 0.3 is 5.97 Å². The van der Waals surface area contributed by atoms with Crippen LogP contribution >= 0.6 is 22.9 Å². The molecule has 1 N–H and O–H groups in total. The summed E-state index contributed by atoms with van der Waals surface area (Å²) >= 11 is 7.41. The molecule has 1 aromatic heterocycles. The number of benzene rings is 2. The molecule has 2 aromatic carbocycles. The van der Waals surface area contributed by atoms with Gasteiger partial charge in [0.2, 0.25) is 0 Å². The van der Waals surface area contributed by atoms with Gasteiger partial charge in [-0.05, 0) is 25.5 Å². The molecule has 8 heteroatoms. The molecule has 0 aliphatic carbocycles. The number of nitrogens with zero attached hydrogens (tertiary/aromatic N) is 1. The molecule has 150 valence electrons. The number of anilines is 1. The van der Waals surface area contributed by atoms with Crippen LogP contribution in [-0.2, 0) is 9.53 Å². The van der Waals surface area contributed by atoms with Crippen molar-refractivity contribution in [3.05, 3.63) is 64.1 Å². The molecular formula is C21H19ClN2O4S. The van der Waals surface area contributed by atoms with Gasteiger partial charge in [-0.25, -0.2) is 9.78 Å². The fourth-order valence-electron chi connectivity index (χ4n) is 2.52. The number of nitrogens with one attached hydrogen (secondary N) is 1. The smallest absolute Gasteiger partial charge is 0.358 e. The number of amides is 1. The first kappa shape index (κ1) is 20.8. The highest BCUT2D eigenvalue weighted by atomic mass is 35.5. The number of carbonyl (C=O) groups excluding carboxylic acids is 2. The van der Waals surface area contributed by atoms with Gasteiger partial charge in [0.15, 0.2) is 11.8 Å². The third-order valence-electron chi connectivity index (χ3n) is 4.13.